The lowest BCUT2D eigenvalue weighted by Crippen LogP contribution is -2.33. The van der Waals surface area contributed by atoms with E-state index in [0.29, 0.717) is 10.2 Å². The Morgan fingerprint density at radius 1 is 1.08 bits per heavy atom. The van der Waals surface area contributed by atoms with E-state index >= 15 is 0 Å². The van der Waals surface area contributed by atoms with Gasteiger partial charge >= 0.3 is 5.97 Å². The molecule has 1 aromatic heterocycles. The number of benzene rings is 2. The summed E-state index contributed by atoms with van der Waals surface area (Å²) in [7, 11) is -6.22. The summed E-state index contributed by atoms with van der Waals surface area (Å²) in [5.74, 6) is -1.24. The number of rotatable bonds is 8. The van der Waals surface area contributed by atoms with Crippen molar-refractivity contribution in [3.63, 3.8) is 0 Å². The smallest absolute Gasteiger partial charge is 0.326 e. The summed E-state index contributed by atoms with van der Waals surface area (Å²) >= 11 is 0.997. The number of hydrogen-bond acceptors (Lipinski definition) is 8. The zero-order valence-electron chi connectivity index (χ0n) is 20.0. The Hall–Kier alpha value is -2.91. The molecule has 36 heavy (non-hydrogen) atoms. The van der Waals surface area contributed by atoms with Crippen LogP contribution in [0.15, 0.2) is 57.2 Å². The molecular formula is C22H26N4O7S3. The van der Waals surface area contributed by atoms with E-state index in [1.807, 2.05) is 0 Å². The Bertz CT molecular complexity index is 1590. The first-order chi connectivity index (χ1) is 16.8. The minimum Gasteiger partial charge on any atom is -0.465 e. The van der Waals surface area contributed by atoms with Crippen molar-refractivity contribution in [2.75, 3.05) is 13.7 Å². The van der Waals surface area contributed by atoms with Gasteiger partial charge < -0.3 is 9.30 Å². The molecule has 194 valence electrons. The van der Waals surface area contributed by atoms with Crippen LogP contribution in [-0.4, -0.2) is 57.3 Å². The van der Waals surface area contributed by atoms with Gasteiger partial charge in [-0.1, -0.05) is 11.3 Å². The van der Waals surface area contributed by atoms with Crippen molar-refractivity contribution in [3.05, 3.63) is 52.8 Å². The van der Waals surface area contributed by atoms with E-state index < -0.39 is 31.9 Å². The fourth-order valence-electron chi connectivity index (χ4n) is 3.17. The van der Waals surface area contributed by atoms with Crippen molar-refractivity contribution < 1.29 is 31.2 Å². The van der Waals surface area contributed by atoms with Crippen molar-refractivity contribution in [3.8, 4) is 0 Å². The van der Waals surface area contributed by atoms with Crippen molar-refractivity contribution >= 4 is 53.5 Å². The third kappa shape index (κ3) is 5.90. The number of ether oxygens (including phenoxy) is 1. The van der Waals surface area contributed by atoms with Gasteiger partial charge in [-0.05, 0) is 63.2 Å². The number of fused-ring (bicyclic) bond motifs is 1. The maximum Gasteiger partial charge on any atom is 0.326 e. The number of sulfonamides is 2. The molecular weight excluding hydrogens is 528 g/mol. The fourth-order valence-corrected chi connectivity index (χ4v) is 6.22. The summed E-state index contributed by atoms with van der Waals surface area (Å²) in [6.07, 6.45) is 0. The summed E-state index contributed by atoms with van der Waals surface area (Å²) in [4.78, 5) is 29.3. The molecule has 0 aliphatic carbocycles. The molecule has 0 unspecified atom stereocenters. The van der Waals surface area contributed by atoms with Crippen LogP contribution in [0.4, 0.5) is 0 Å². The van der Waals surface area contributed by atoms with Gasteiger partial charge in [0.25, 0.3) is 5.91 Å². The number of amides is 1. The summed E-state index contributed by atoms with van der Waals surface area (Å²) in [5.41, 5.74) is 0.594. The standard InChI is InChI=1S/C22H26N4O7S3/c1-5-33-20(27)13-26-18-11-10-17(35(23,29)30)12-19(18)34-22(26)24-21(28)15-6-8-16(9-7-15)36(31,32)25(4)14(2)3/h6-12,14H,5,13H2,1-4H3,(H2,23,29,30). The summed E-state index contributed by atoms with van der Waals surface area (Å²) in [6.45, 7) is 5.05. The predicted octanol–water partition coefficient (Wildman–Crippen LogP) is 1.68. The molecule has 2 N–H and O–H groups in total. The molecule has 0 aliphatic rings. The SMILES string of the molecule is CCOC(=O)Cn1c(=NC(=O)c2ccc(S(=O)(=O)N(C)C(C)C)cc2)sc2cc(S(N)(=O)=O)ccc21. The molecule has 2 aromatic carbocycles. The van der Waals surface area contributed by atoms with E-state index in [-0.39, 0.29) is 39.3 Å². The van der Waals surface area contributed by atoms with Gasteiger partial charge in [-0.15, -0.1) is 0 Å². The normalized spacial score (nSPS) is 13.0. The number of hydrogen-bond donors (Lipinski definition) is 1. The van der Waals surface area contributed by atoms with Gasteiger partial charge in [0.05, 0.1) is 26.6 Å². The van der Waals surface area contributed by atoms with Crippen LogP contribution in [0.2, 0.25) is 0 Å². The van der Waals surface area contributed by atoms with Gasteiger partial charge in [0.2, 0.25) is 20.0 Å². The number of thiazole rings is 1. The first-order valence-corrected chi connectivity index (χ1v) is 14.5. The minimum absolute atomic E-state index is 0.0324. The second kappa shape index (κ2) is 10.6. The minimum atomic E-state index is -3.97. The number of nitrogens with zero attached hydrogens (tertiary/aromatic N) is 3. The molecule has 0 fully saturated rings. The number of esters is 1. The van der Waals surface area contributed by atoms with Crippen LogP contribution in [-0.2, 0) is 36.1 Å². The van der Waals surface area contributed by atoms with Gasteiger partial charge in [-0.3, -0.25) is 9.59 Å². The highest BCUT2D eigenvalue weighted by atomic mass is 32.2. The van der Waals surface area contributed by atoms with Gasteiger partial charge in [0.1, 0.15) is 6.54 Å². The van der Waals surface area contributed by atoms with E-state index in [4.69, 9.17) is 9.88 Å². The molecule has 3 rings (SSSR count). The van der Waals surface area contributed by atoms with Gasteiger partial charge in [-0.2, -0.15) is 9.30 Å². The van der Waals surface area contributed by atoms with Crippen LogP contribution in [0.3, 0.4) is 0 Å². The average molecular weight is 555 g/mol. The monoisotopic (exact) mass is 554 g/mol. The summed E-state index contributed by atoms with van der Waals surface area (Å²) in [5, 5.41) is 5.22. The number of primary sulfonamides is 1. The Balaban J connectivity index is 2.06. The Kier molecular flexibility index (Phi) is 8.15. The van der Waals surface area contributed by atoms with Crippen LogP contribution in [0, 0.1) is 0 Å². The van der Waals surface area contributed by atoms with Crippen molar-refractivity contribution in [2.45, 2.75) is 43.1 Å². The van der Waals surface area contributed by atoms with Crippen molar-refractivity contribution in [1.29, 1.82) is 0 Å². The van der Waals surface area contributed by atoms with Crippen molar-refractivity contribution in [1.82, 2.24) is 8.87 Å². The zero-order chi connectivity index (χ0) is 26.8. The number of aromatic nitrogens is 1. The van der Waals surface area contributed by atoms with Crippen LogP contribution < -0.4 is 9.94 Å². The average Bonchev–Trinajstić information content (AvgIpc) is 3.14. The maximum atomic E-state index is 12.9. The van der Waals surface area contributed by atoms with Crippen LogP contribution in [0.5, 0.6) is 0 Å². The predicted molar refractivity (Wildman–Crippen MR) is 134 cm³/mol. The Morgan fingerprint density at radius 3 is 2.25 bits per heavy atom. The lowest BCUT2D eigenvalue weighted by molar-refractivity contribution is -0.143. The third-order valence-corrected chi connectivity index (χ3v) is 9.28. The first kappa shape index (κ1) is 27.7. The maximum absolute atomic E-state index is 12.9. The van der Waals surface area contributed by atoms with Gasteiger partial charge in [0.15, 0.2) is 4.80 Å². The molecule has 14 heteroatoms. The van der Waals surface area contributed by atoms with E-state index in [1.165, 1.54) is 58.4 Å². The Labute approximate surface area is 212 Å². The molecule has 3 aromatic rings. The Morgan fingerprint density at radius 2 is 1.69 bits per heavy atom. The second-order valence-corrected chi connectivity index (χ2v) is 12.6. The number of carbonyl (C=O) groups is 2. The van der Waals surface area contributed by atoms with Gasteiger partial charge in [-0.25, -0.2) is 22.0 Å². The number of nitrogens with two attached hydrogens (primary N) is 1. The molecule has 11 nitrogen and oxygen atoms in total. The third-order valence-electron chi connectivity index (χ3n) is 5.28. The largest absolute Gasteiger partial charge is 0.465 e. The van der Waals surface area contributed by atoms with Gasteiger partial charge in [0, 0.05) is 18.7 Å². The van der Waals surface area contributed by atoms with E-state index in [2.05, 4.69) is 4.99 Å². The first-order valence-electron chi connectivity index (χ1n) is 10.7. The van der Waals surface area contributed by atoms with E-state index in [9.17, 15) is 26.4 Å². The fraction of sp³-hybridized carbons (Fsp3) is 0.318. The highest BCUT2D eigenvalue weighted by Crippen LogP contribution is 2.22. The highest BCUT2D eigenvalue weighted by molar-refractivity contribution is 7.89. The molecule has 1 heterocycles. The molecule has 1 amide bonds. The van der Waals surface area contributed by atoms with Crippen LogP contribution in [0.25, 0.3) is 10.2 Å². The molecule has 0 atom stereocenters. The number of carbonyl (C=O) groups excluding carboxylic acids is 2. The molecule has 0 saturated heterocycles. The van der Waals surface area contributed by atoms with E-state index in [0.717, 1.165) is 11.3 Å². The quantitative estimate of drug-likeness (QED) is 0.415. The molecule has 0 aliphatic heterocycles. The van der Waals surface area contributed by atoms with E-state index in [1.54, 1.807) is 20.8 Å². The second-order valence-electron chi connectivity index (χ2n) is 8.01. The molecule has 0 spiro atoms. The topological polar surface area (TPSA) is 158 Å². The summed E-state index contributed by atoms with van der Waals surface area (Å²) < 4.78 is 56.9. The van der Waals surface area contributed by atoms with Crippen molar-refractivity contribution in [2.24, 2.45) is 10.1 Å². The van der Waals surface area contributed by atoms with Crippen LogP contribution >= 0.6 is 11.3 Å². The highest BCUT2D eigenvalue weighted by Gasteiger charge is 2.23. The zero-order valence-corrected chi connectivity index (χ0v) is 22.5. The molecule has 0 radical (unpaired) electrons. The lowest BCUT2D eigenvalue weighted by atomic mass is 10.2. The molecule has 0 saturated carbocycles. The van der Waals surface area contributed by atoms with Crippen LogP contribution in [0.1, 0.15) is 31.1 Å². The molecule has 0 bridgehead atoms. The summed E-state index contributed by atoms with van der Waals surface area (Å²) in [6, 6.07) is 9.23. The lowest BCUT2D eigenvalue weighted by Gasteiger charge is -2.20.